The van der Waals surface area contributed by atoms with Crippen LogP contribution in [0.25, 0.3) is 6.08 Å². The molecule has 4 heteroatoms. The van der Waals surface area contributed by atoms with E-state index in [4.69, 9.17) is 15.2 Å². The average molecular weight is 263 g/mol. The maximum absolute atomic E-state index is 12.1. The summed E-state index contributed by atoms with van der Waals surface area (Å²) in [7, 11) is 1.61. The van der Waals surface area contributed by atoms with E-state index >= 15 is 0 Å². The second-order valence-electron chi connectivity index (χ2n) is 5.21. The molecule has 19 heavy (non-hydrogen) atoms. The molecule has 0 heterocycles. The molecule has 0 atom stereocenters. The van der Waals surface area contributed by atoms with E-state index in [1.54, 1.807) is 25.3 Å². The highest BCUT2D eigenvalue weighted by Crippen LogP contribution is 2.19. The van der Waals surface area contributed by atoms with Gasteiger partial charge in [0.05, 0.1) is 12.2 Å². The number of ether oxygens (including phenoxy) is 2. The Balaban J connectivity index is 3.03. The lowest BCUT2D eigenvalue weighted by atomic mass is 10.1. The molecule has 1 aromatic carbocycles. The smallest absolute Gasteiger partial charge is 0.339 e. The Morgan fingerprint density at radius 1 is 1.37 bits per heavy atom. The summed E-state index contributed by atoms with van der Waals surface area (Å²) in [5, 5.41) is 0. The Morgan fingerprint density at radius 2 is 2.05 bits per heavy atom. The molecule has 104 valence electrons. The number of rotatable bonds is 4. The topological polar surface area (TPSA) is 61.5 Å². The maximum atomic E-state index is 12.1. The highest BCUT2D eigenvalue weighted by Gasteiger charge is 2.19. The van der Waals surface area contributed by atoms with Crippen LogP contribution in [0, 0.1) is 0 Å². The third kappa shape index (κ3) is 5.14. The van der Waals surface area contributed by atoms with Gasteiger partial charge in [-0.3, -0.25) is 0 Å². The van der Waals surface area contributed by atoms with Gasteiger partial charge in [0, 0.05) is 12.8 Å². The summed E-state index contributed by atoms with van der Waals surface area (Å²) in [6.07, 6.45) is 3.65. The Bertz CT molecular complexity index is 473. The van der Waals surface area contributed by atoms with E-state index in [2.05, 4.69) is 0 Å². The summed E-state index contributed by atoms with van der Waals surface area (Å²) in [6, 6.07) is 5.17. The van der Waals surface area contributed by atoms with Crippen molar-refractivity contribution in [1.29, 1.82) is 0 Å². The van der Waals surface area contributed by atoms with Gasteiger partial charge in [-0.1, -0.05) is 18.2 Å². The zero-order chi connectivity index (χ0) is 14.5. The first kappa shape index (κ1) is 15.2. The molecule has 0 amide bonds. The number of nitrogens with two attached hydrogens (primary N) is 1. The molecule has 2 N–H and O–H groups in total. The van der Waals surface area contributed by atoms with Crippen molar-refractivity contribution < 1.29 is 14.3 Å². The quantitative estimate of drug-likeness (QED) is 0.670. The lowest BCUT2D eigenvalue weighted by molar-refractivity contribution is 0.00694. The summed E-state index contributed by atoms with van der Waals surface area (Å²) in [5.74, 6) is -0.378. The molecule has 0 radical (unpaired) electrons. The van der Waals surface area contributed by atoms with Gasteiger partial charge in [-0.15, -0.1) is 0 Å². The van der Waals surface area contributed by atoms with Gasteiger partial charge >= 0.3 is 5.97 Å². The average Bonchev–Trinajstić information content (AvgIpc) is 2.29. The van der Waals surface area contributed by atoms with Crippen molar-refractivity contribution in [3.63, 3.8) is 0 Å². The van der Waals surface area contributed by atoms with Crippen LogP contribution >= 0.6 is 0 Å². The Kier molecular flexibility index (Phi) is 5.12. The van der Waals surface area contributed by atoms with Crippen LogP contribution in [0.15, 0.2) is 24.3 Å². The van der Waals surface area contributed by atoms with Crippen LogP contribution in [0.3, 0.4) is 0 Å². The number of anilines is 1. The highest BCUT2D eigenvalue weighted by molar-refractivity contribution is 5.95. The molecule has 0 saturated heterocycles. The highest BCUT2D eigenvalue weighted by atomic mass is 16.6. The van der Waals surface area contributed by atoms with E-state index in [0.717, 1.165) is 5.56 Å². The van der Waals surface area contributed by atoms with Crippen LogP contribution in [-0.4, -0.2) is 25.3 Å². The van der Waals surface area contributed by atoms with Gasteiger partial charge in [0.15, 0.2) is 0 Å². The van der Waals surface area contributed by atoms with E-state index in [1.807, 2.05) is 32.9 Å². The van der Waals surface area contributed by atoms with Crippen molar-refractivity contribution >= 4 is 17.7 Å². The standard InChI is InChI=1S/C15H21NO3/c1-15(2,3)19-14(17)13-10-12(16)8-7-11(13)6-5-9-18-4/h5-8,10H,9,16H2,1-4H3. The fraction of sp³-hybridized carbons (Fsp3) is 0.400. The number of esters is 1. The van der Waals surface area contributed by atoms with Crippen LogP contribution in [0.2, 0.25) is 0 Å². The normalized spacial score (nSPS) is 11.8. The van der Waals surface area contributed by atoms with Crippen LogP contribution < -0.4 is 5.73 Å². The summed E-state index contributed by atoms with van der Waals surface area (Å²) in [4.78, 5) is 12.1. The van der Waals surface area contributed by atoms with Gasteiger partial charge in [0.2, 0.25) is 0 Å². The van der Waals surface area contributed by atoms with Crippen LogP contribution in [0.5, 0.6) is 0 Å². The molecule has 0 unspecified atom stereocenters. The summed E-state index contributed by atoms with van der Waals surface area (Å²) < 4.78 is 10.3. The molecular formula is C15H21NO3. The molecule has 1 aromatic rings. The molecular weight excluding hydrogens is 242 g/mol. The summed E-state index contributed by atoms with van der Waals surface area (Å²) >= 11 is 0. The van der Waals surface area contributed by atoms with Crippen molar-refractivity contribution in [3.8, 4) is 0 Å². The predicted octanol–water partition coefficient (Wildman–Crippen LogP) is 2.88. The van der Waals surface area contributed by atoms with E-state index in [0.29, 0.717) is 17.9 Å². The van der Waals surface area contributed by atoms with Crippen molar-refractivity contribution in [3.05, 3.63) is 35.4 Å². The molecule has 0 spiro atoms. The molecule has 0 fully saturated rings. The third-order valence-corrected chi connectivity index (χ3v) is 2.26. The Labute approximate surface area is 114 Å². The van der Waals surface area contributed by atoms with Gasteiger partial charge < -0.3 is 15.2 Å². The molecule has 0 saturated carbocycles. The zero-order valence-electron chi connectivity index (χ0n) is 11.9. The fourth-order valence-electron chi connectivity index (χ4n) is 1.50. The van der Waals surface area contributed by atoms with Crippen molar-refractivity contribution in [2.45, 2.75) is 26.4 Å². The number of hydrogen-bond acceptors (Lipinski definition) is 4. The van der Waals surface area contributed by atoms with E-state index < -0.39 is 5.60 Å². The number of benzene rings is 1. The monoisotopic (exact) mass is 263 g/mol. The number of nitrogen functional groups attached to an aromatic ring is 1. The minimum atomic E-state index is -0.533. The molecule has 0 aliphatic carbocycles. The zero-order valence-corrected chi connectivity index (χ0v) is 11.9. The number of carbonyl (C=O) groups excluding carboxylic acids is 1. The Hall–Kier alpha value is -1.81. The van der Waals surface area contributed by atoms with Crippen LogP contribution in [0.1, 0.15) is 36.7 Å². The minimum absolute atomic E-state index is 0.378. The second-order valence-corrected chi connectivity index (χ2v) is 5.21. The van der Waals surface area contributed by atoms with Crippen molar-refractivity contribution in [1.82, 2.24) is 0 Å². The van der Waals surface area contributed by atoms with Gasteiger partial charge in [-0.05, 0) is 38.5 Å². The van der Waals surface area contributed by atoms with Crippen LogP contribution in [-0.2, 0) is 9.47 Å². The van der Waals surface area contributed by atoms with Gasteiger partial charge in [-0.25, -0.2) is 4.79 Å². The summed E-state index contributed by atoms with van der Waals surface area (Å²) in [5.41, 5.74) is 6.95. The SMILES string of the molecule is COCC=Cc1ccc(N)cc1C(=O)OC(C)(C)C. The van der Waals surface area contributed by atoms with E-state index in [9.17, 15) is 4.79 Å². The van der Waals surface area contributed by atoms with Crippen molar-refractivity contribution in [2.24, 2.45) is 0 Å². The maximum Gasteiger partial charge on any atom is 0.339 e. The van der Waals surface area contributed by atoms with Gasteiger partial charge in [0.25, 0.3) is 0 Å². The summed E-state index contributed by atoms with van der Waals surface area (Å²) in [6.45, 7) is 5.98. The number of hydrogen-bond donors (Lipinski definition) is 1. The Morgan fingerprint density at radius 3 is 2.63 bits per heavy atom. The van der Waals surface area contributed by atoms with Gasteiger partial charge in [0.1, 0.15) is 5.60 Å². The number of methoxy groups -OCH3 is 1. The lowest BCUT2D eigenvalue weighted by Gasteiger charge is -2.20. The minimum Gasteiger partial charge on any atom is -0.456 e. The number of carbonyl (C=O) groups is 1. The first-order chi connectivity index (χ1) is 8.83. The first-order valence-corrected chi connectivity index (χ1v) is 6.12. The van der Waals surface area contributed by atoms with Gasteiger partial charge in [-0.2, -0.15) is 0 Å². The second kappa shape index (κ2) is 6.38. The van der Waals surface area contributed by atoms with E-state index in [1.165, 1.54) is 0 Å². The first-order valence-electron chi connectivity index (χ1n) is 6.12. The third-order valence-electron chi connectivity index (χ3n) is 2.26. The van der Waals surface area contributed by atoms with Crippen molar-refractivity contribution in [2.75, 3.05) is 19.5 Å². The lowest BCUT2D eigenvalue weighted by Crippen LogP contribution is -2.24. The van der Waals surface area contributed by atoms with Crippen LogP contribution in [0.4, 0.5) is 5.69 Å². The fourth-order valence-corrected chi connectivity index (χ4v) is 1.50. The molecule has 0 bridgehead atoms. The molecule has 4 nitrogen and oxygen atoms in total. The van der Waals surface area contributed by atoms with E-state index in [-0.39, 0.29) is 5.97 Å². The molecule has 0 aromatic heterocycles. The molecule has 1 rings (SSSR count). The molecule has 0 aliphatic heterocycles. The predicted molar refractivity (Wildman–Crippen MR) is 76.9 cm³/mol. The molecule has 0 aliphatic rings. The largest absolute Gasteiger partial charge is 0.456 e.